The van der Waals surface area contributed by atoms with Crippen LogP contribution in [0.3, 0.4) is 0 Å². The van der Waals surface area contributed by atoms with E-state index in [1.165, 1.54) is 12.4 Å². The molecule has 2 amide bonds. The summed E-state index contributed by atoms with van der Waals surface area (Å²) in [6.45, 7) is 0. The van der Waals surface area contributed by atoms with Crippen molar-refractivity contribution in [3.63, 3.8) is 0 Å². The SMILES string of the molecule is COc1ccc(/C=N/NC(=O)CC(=O)N/N=C/c2ccc(OC)c3ccccc23)c2ccccc12. The second-order valence-corrected chi connectivity index (χ2v) is 7.57. The van der Waals surface area contributed by atoms with Crippen LogP contribution in [0.2, 0.25) is 0 Å². The largest absolute Gasteiger partial charge is 0.496 e. The number of benzene rings is 4. The fraction of sp³-hybridized carbons (Fsp3) is 0.111. The number of carbonyl (C=O) groups is 2. The molecule has 176 valence electrons. The van der Waals surface area contributed by atoms with Crippen LogP contribution in [0.15, 0.2) is 83.0 Å². The van der Waals surface area contributed by atoms with Gasteiger partial charge >= 0.3 is 0 Å². The summed E-state index contributed by atoms with van der Waals surface area (Å²) in [5, 5.41) is 11.7. The molecule has 4 aromatic carbocycles. The molecular weight excluding hydrogens is 444 g/mol. The van der Waals surface area contributed by atoms with Crippen molar-refractivity contribution < 1.29 is 19.1 Å². The van der Waals surface area contributed by atoms with Gasteiger partial charge in [0.15, 0.2) is 0 Å². The average Bonchev–Trinajstić information content (AvgIpc) is 2.88. The highest BCUT2D eigenvalue weighted by atomic mass is 16.5. The van der Waals surface area contributed by atoms with Crippen LogP contribution < -0.4 is 20.3 Å². The number of methoxy groups -OCH3 is 2. The lowest BCUT2D eigenvalue weighted by Crippen LogP contribution is -2.27. The lowest BCUT2D eigenvalue weighted by Gasteiger charge is -2.07. The van der Waals surface area contributed by atoms with E-state index < -0.39 is 18.2 Å². The fourth-order valence-electron chi connectivity index (χ4n) is 3.74. The van der Waals surface area contributed by atoms with E-state index in [0.29, 0.717) is 0 Å². The Hall–Kier alpha value is -4.72. The second kappa shape index (κ2) is 10.9. The van der Waals surface area contributed by atoms with E-state index in [9.17, 15) is 9.59 Å². The van der Waals surface area contributed by atoms with Gasteiger partial charge in [-0.25, -0.2) is 10.9 Å². The zero-order valence-electron chi connectivity index (χ0n) is 19.3. The first-order chi connectivity index (χ1) is 17.1. The first-order valence-electron chi connectivity index (χ1n) is 10.9. The van der Waals surface area contributed by atoms with Gasteiger partial charge in [0.2, 0.25) is 11.8 Å². The van der Waals surface area contributed by atoms with Gasteiger partial charge in [-0.2, -0.15) is 10.2 Å². The van der Waals surface area contributed by atoms with Gasteiger partial charge in [-0.05, 0) is 35.0 Å². The summed E-state index contributed by atoms with van der Waals surface area (Å²) in [6, 6.07) is 22.8. The van der Waals surface area contributed by atoms with Gasteiger partial charge in [0.05, 0.1) is 26.6 Å². The van der Waals surface area contributed by atoms with Crippen LogP contribution in [0.25, 0.3) is 21.5 Å². The highest BCUT2D eigenvalue weighted by molar-refractivity contribution is 6.04. The van der Waals surface area contributed by atoms with Crippen LogP contribution in [-0.2, 0) is 9.59 Å². The molecule has 0 unspecified atom stereocenters. The number of nitrogens with zero attached hydrogens (tertiary/aromatic N) is 2. The normalized spacial score (nSPS) is 11.3. The first-order valence-corrected chi connectivity index (χ1v) is 10.9. The highest BCUT2D eigenvalue weighted by Gasteiger charge is 2.09. The third-order valence-electron chi connectivity index (χ3n) is 5.38. The molecule has 0 heterocycles. The lowest BCUT2D eigenvalue weighted by atomic mass is 10.0. The number of carbonyl (C=O) groups excluding carboxylic acids is 2. The third kappa shape index (κ3) is 5.44. The Labute approximate surface area is 202 Å². The molecule has 8 heteroatoms. The molecule has 0 aliphatic heterocycles. The summed E-state index contributed by atoms with van der Waals surface area (Å²) < 4.78 is 10.8. The lowest BCUT2D eigenvalue weighted by molar-refractivity contribution is -0.129. The third-order valence-corrected chi connectivity index (χ3v) is 5.38. The molecule has 0 atom stereocenters. The van der Waals surface area contributed by atoms with Crippen molar-refractivity contribution in [2.24, 2.45) is 10.2 Å². The van der Waals surface area contributed by atoms with Crippen molar-refractivity contribution in [1.82, 2.24) is 10.9 Å². The molecule has 0 saturated heterocycles. The van der Waals surface area contributed by atoms with E-state index in [-0.39, 0.29) is 0 Å². The average molecular weight is 469 g/mol. The van der Waals surface area contributed by atoms with Crippen LogP contribution in [0.1, 0.15) is 17.5 Å². The van der Waals surface area contributed by atoms with Crippen LogP contribution in [-0.4, -0.2) is 38.5 Å². The smallest absolute Gasteiger partial charge is 0.249 e. The Morgan fingerprint density at radius 1 is 0.657 bits per heavy atom. The van der Waals surface area contributed by atoms with E-state index in [4.69, 9.17) is 9.47 Å². The fourth-order valence-corrected chi connectivity index (χ4v) is 3.74. The molecule has 2 N–H and O–H groups in total. The van der Waals surface area contributed by atoms with Gasteiger partial charge in [-0.3, -0.25) is 9.59 Å². The minimum atomic E-state index is -0.554. The monoisotopic (exact) mass is 468 g/mol. The highest BCUT2D eigenvalue weighted by Crippen LogP contribution is 2.28. The second-order valence-electron chi connectivity index (χ2n) is 7.57. The van der Waals surface area contributed by atoms with Crippen LogP contribution >= 0.6 is 0 Å². The van der Waals surface area contributed by atoms with Gasteiger partial charge < -0.3 is 9.47 Å². The molecule has 8 nitrogen and oxygen atoms in total. The summed E-state index contributed by atoms with van der Waals surface area (Å²) >= 11 is 0. The molecule has 35 heavy (non-hydrogen) atoms. The maximum absolute atomic E-state index is 12.1. The summed E-state index contributed by atoms with van der Waals surface area (Å²) in [7, 11) is 3.23. The topological polar surface area (TPSA) is 101 Å². The molecule has 0 aromatic heterocycles. The Bertz CT molecular complexity index is 1340. The number of hydrogen-bond donors (Lipinski definition) is 2. The van der Waals surface area contributed by atoms with Crippen molar-refractivity contribution >= 4 is 45.8 Å². The molecule has 0 fully saturated rings. The van der Waals surface area contributed by atoms with Gasteiger partial charge in [0, 0.05) is 21.9 Å². The van der Waals surface area contributed by atoms with Crippen molar-refractivity contribution in [1.29, 1.82) is 0 Å². The van der Waals surface area contributed by atoms with E-state index in [1.54, 1.807) is 14.2 Å². The maximum atomic E-state index is 12.1. The minimum Gasteiger partial charge on any atom is -0.496 e. The molecule has 0 radical (unpaired) electrons. The van der Waals surface area contributed by atoms with Crippen molar-refractivity contribution in [2.75, 3.05) is 14.2 Å². The molecule has 0 saturated carbocycles. The zero-order valence-corrected chi connectivity index (χ0v) is 19.3. The van der Waals surface area contributed by atoms with E-state index in [2.05, 4.69) is 21.1 Å². The zero-order chi connectivity index (χ0) is 24.6. The number of hydrogen-bond acceptors (Lipinski definition) is 6. The van der Waals surface area contributed by atoms with E-state index >= 15 is 0 Å². The Morgan fingerprint density at radius 2 is 1.06 bits per heavy atom. The van der Waals surface area contributed by atoms with Gasteiger partial charge in [0.1, 0.15) is 17.9 Å². The summed E-state index contributed by atoms with van der Waals surface area (Å²) in [4.78, 5) is 24.2. The molecular formula is C27H24N4O4. The molecule has 0 bridgehead atoms. The molecule has 0 aliphatic carbocycles. The predicted molar refractivity (Wildman–Crippen MR) is 137 cm³/mol. The minimum absolute atomic E-state index is 0.415. The summed E-state index contributed by atoms with van der Waals surface area (Å²) in [6.07, 6.45) is 2.65. The molecule has 4 aromatic rings. The number of rotatable bonds is 8. The van der Waals surface area contributed by atoms with Crippen molar-refractivity contribution in [3.8, 4) is 11.5 Å². The molecule has 0 aliphatic rings. The Balaban J connectivity index is 1.34. The van der Waals surface area contributed by atoms with Gasteiger partial charge in [-0.15, -0.1) is 0 Å². The van der Waals surface area contributed by atoms with Crippen molar-refractivity contribution in [3.05, 3.63) is 83.9 Å². The van der Waals surface area contributed by atoms with Crippen LogP contribution in [0.5, 0.6) is 11.5 Å². The van der Waals surface area contributed by atoms with Gasteiger partial charge in [0.25, 0.3) is 0 Å². The number of hydrazone groups is 2. The van der Waals surface area contributed by atoms with E-state index in [1.807, 2.05) is 72.8 Å². The van der Waals surface area contributed by atoms with Crippen LogP contribution in [0.4, 0.5) is 0 Å². The quantitative estimate of drug-likeness (QED) is 0.232. The standard InChI is InChI=1S/C27H24N4O4/c1-34-24-13-11-18(20-7-3-5-9-22(20)24)16-28-30-26(32)15-27(33)31-29-17-19-12-14-25(35-2)23-10-6-4-8-21(19)23/h3-14,16-17H,15H2,1-2H3,(H,30,32)(H,31,33)/b28-16+,29-17+. The van der Waals surface area contributed by atoms with E-state index in [0.717, 1.165) is 44.2 Å². The van der Waals surface area contributed by atoms with Gasteiger partial charge in [-0.1, -0.05) is 48.5 Å². The first kappa shape index (κ1) is 23.4. The number of ether oxygens (including phenoxy) is 2. The summed E-state index contributed by atoms with van der Waals surface area (Å²) in [5.74, 6) is 0.395. The van der Waals surface area contributed by atoms with Crippen molar-refractivity contribution in [2.45, 2.75) is 6.42 Å². The Morgan fingerprint density at radius 3 is 1.46 bits per heavy atom. The molecule has 0 spiro atoms. The predicted octanol–water partition coefficient (Wildman–Crippen LogP) is 4.00. The Kier molecular flexibility index (Phi) is 7.32. The number of fused-ring (bicyclic) bond motifs is 2. The maximum Gasteiger partial charge on any atom is 0.249 e. The number of amides is 2. The van der Waals surface area contributed by atoms with Crippen LogP contribution in [0, 0.1) is 0 Å². The molecule has 4 rings (SSSR count). The summed E-state index contributed by atoms with van der Waals surface area (Å²) in [5.41, 5.74) is 6.36. The number of nitrogens with one attached hydrogen (secondary N) is 2.